The first kappa shape index (κ1) is 24.0. The Labute approximate surface area is 171 Å². The first-order valence-electron chi connectivity index (χ1n) is 9.39. The summed E-state index contributed by atoms with van der Waals surface area (Å²) in [5.41, 5.74) is 1.73. The van der Waals surface area contributed by atoms with E-state index in [0.29, 0.717) is 18.7 Å². The highest BCUT2D eigenvalue weighted by Gasteiger charge is 2.22. The fourth-order valence-corrected chi connectivity index (χ4v) is 3.06. The summed E-state index contributed by atoms with van der Waals surface area (Å²) in [6.07, 6.45) is 5.19. The minimum absolute atomic E-state index is 0.0140. The molecular formula is C21H30N4O4. The predicted molar refractivity (Wildman–Crippen MR) is 112 cm³/mol. The zero-order valence-electron chi connectivity index (χ0n) is 17.7. The van der Waals surface area contributed by atoms with Gasteiger partial charge in [-0.3, -0.25) is 19.4 Å². The molecule has 2 heterocycles. The Morgan fingerprint density at radius 1 is 1.28 bits per heavy atom. The van der Waals surface area contributed by atoms with Gasteiger partial charge in [0.05, 0.1) is 0 Å². The molecule has 1 atom stereocenters. The van der Waals surface area contributed by atoms with Crippen LogP contribution < -0.4 is 5.56 Å². The quantitative estimate of drug-likeness (QED) is 0.712. The standard InChI is InChI=1S/C20H28N4O2.CH2O2/c1-6-23(14-17-7-10-21-11-8-17)19(25)18-15(2)9-12-24(20(18)26)16(3)13-22(4)5;2-1-3/h7-12,16H,6,13-14H2,1-5H3;1H,(H,2,3). The molecule has 0 saturated carbocycles. The lowest BCUT2D eigenvalue weighted by Crippen LogP contribution is -2.39. The van der Waals surface area contributed by atoms with E-state index in [1.165, 1.54) is 0 Å². The summed E-state index contributed by atoms with van der Waals surface area (Å²) < 4.78 is 1.65. The van der Waals surface area contributed by atoms with Gasteiger partial charge in [-0.05, 0) is 64.2 Å². The van der Waals surface area contributed by atoms with Gasteiger partial charge in [0, 0.05) is 44.3 Å². The van der Waals surface area contributed by atoms with E-state index in [-0.39, 0.29) is 29.5 Å². The van der Waals surface area contributed by atoms with Crippen LogP contribution >= 0.6 is 0 Å². The monoisotopic (exact) mass is 402 g/mol. The van der Waals surface area contributed by atoms with Gasteiger partial charge < -0.3 is 19.5 Å². The molecule has 0 saturated heterocycles. The van der Waals surface area contributed by atoms with Gasteiger partial charge in [0.15, 0.2) is 0 Å². The van der Waals surface area contributed by atoms with E-state index in [1.54, 1.807) is 28.1 Å². The summed E-state index contributed by atoms with van der Waals surface area (Å²) in [7, 11) is 3.94. The van der Waals surface area contributed by atoms with Crippen LogP contribution in [-0.2, 0) is 11.3 Å². The normalized spacial score (nSPS) is 11.4. The third-order valence-corrected chi connectivity index (χ3v) is 4.44. The van der Waals surface area contributed by atoms with Crippen LogP contribution in [0, 0.1) is 6.92 Å². The molecule has 1 N–H and O–H groups in total. The van der Waals surface area contributed by atoms with Crippen LogP contribution in [0.3, 0.4) is 0 Å². The molecule has 0 aliphatic carbocycles. The number of rotatable bonds is 7. The summed E-state index contributed by atoms with van der Waals surface area (Å²) in [6, 6.07) is 5.59. The minimum Gasteiger partial charge on any atom is -0.483 e. The number of pyridine rings is 2. The van der Waals surface area contributed by atoms with Crippen LogP contribution in [0.4, 0.5) is 0 Å². The molecule has 158 valence electrons. The maximum atomic E-state index is 13.1. The maximum Gasteiger partial charge on any atom is 0.290 e. The minimum atomic E-state index is -0.250. The zero-order valence-corrected chi connectivity index (χ0v) is 17.7. The molecule has 8 nitrogen and oxygen atoms in total. The summed E-state index contributed by atoms with van der Waals surface area (Å²) in [5, 5.41) is 6.89. The van der Waals surface area contributed by atoms with Crippen LogP contribution in [0.15, 0.2) is 41.6 Å². The number of aryl methyl sites for hydroxylation is 1. The van der Waals surface area contributed by atoms with Crippen molar-refractivity contribution in [2.45, 2.75) is 33.4 Å². The molecule has 1 unspecified atom stereocenters. The molecule has 8 heteroatoms. The fraction of sp³-hybridized carbons (Fsp3) is 0.429. The number of likely N-dealkylation sites (N-methyl/N-ethyl adjacent to an activating group) is 1. The first-order chi connectivity index (χ1) is 13.8. The lowest BCUT2D eigenvalue weighted by atomic mass is 10.1. The van der Waals surface area contributed by atoms with Gasteiger partial charge in [-0.2, -0.15) is 0 Å². The van der Waals surface area contributed by atoms with Crippen LogP contribution in [0.5, 0.6) is 0 Å². The number of nitrogens with zero attached hydrogens (tertiary/aromatic N) is 4. The van der Waals surface area contributed by atoms with Gasteiger partial charge >= 0.3 is 0 Å². The topological polar surface area (TPSA) is 95.7 Å². The van der Waals surface area contributed by atoms with Crippen molar-refractivity contribution in [1.82, 2.24) is 19.4 Å². The van der Waals surface area contributed by atoms with Crippen LogP contribution in [0.2, 0.25) is 0 Å². The van der Waals surface area contributed by atoms with E-state index in [9.17, 15) is 9.59 Å². The highest BCUT2D eigenvalue weighted by Crippen LogP contribution is 2.12. The van der Waals surface area contributed by atoms with Crippen molar-refractivity contribution in [2.75, 3.05) is 27.2 Å². The Kier molecular flexibility index (Phi) is 9.74. The van der Waals surface area contributed by atoms with E-state index in [1.807, 2.05) is 58.0 Å². The highest BCUT2D eigenvalue weighted by molar-refractivity contribution is 5.95. The second-order valence-corrected chi connectivity index (χ2v) is 6.98. The van der Waals surface area contributed by atoms with Crippen molar-refractivity contribution >= 4 is 12.4 Å². The molecule has 0 radical (unpaired) electrons. The van der Waals surface area contributed by atoms with Crippen LogP contribution in [-0.4, -0.2) is 64.0 Å². The van der Waals surface area contributed by atoms with Gasteiger partial charge in [-0.25, -0.2) is 0 Å². The van der Waals surface area contributed by atoms with Crippen molar-refractivity contribution in [3.63, 3.8) is 0 Å². The van der Waals surface area contributed by atoms with Crippen molar-refractivity contribution in [3.8, 4) is 0 Å². The van der Waals surface area contributed by atoms with Gasteiger partial charge in [0.2, 0.25) is 0 Å². The van der Waals surface area contributed by atoms with Crippen molar-refractivity contribution in [3.05, 3.63) is 63.8 Å². The number of hydrogen-bond acceptors (Lipinski definition) is 5. The lowest BCUT2D eigenvalue weighted by Gasteiger charge is -2.24. The first-order valence-corrected chi connectivity index (χ1v) is 9.39. The number of hydrogen-bond donors (Lipinski definition) is 1. The van der Waals surface area contributed by atoms with E-state index in [0.717, 1.165) is 12.1 Å². The van der Waals surface area contributed by atoms with Crippen LogP contribution in [0.1, 0.15) is 41.4 Å². The summed E-state index contributed by atoms with van der Waals surface area (Å²) >= 11 is 0. The maximum absolute atomic E-state index is 13.1. The molecule has 1 amide bonds. The summed E-state index contributed by atoms with van der Waals surface area (Å²) in [6.45, 7) is 7.19. The Bertz CT molecular complexity index is 850. The van der Waals surface area contributed by atoms with Crippen molar-refractivity contribution in [1.29, 1.82) is 0 Å². The smallest absolute Gasteiger partial charge is 0.290 e. The number of carboxylic acid groups (broad SMARTS) is 1. The van der Waals surface area contributed by atoms with Crippen molar-refractivity contribution < 1.29 is 14.7 Å². The molecule has 0 fully saturated rings. The number of aromatic nitrogens is 2. The Hall–Kier alpha value is -3.00. The average Bonchev–Trinajstić information content (AvgIpc) is 2.66. The van der Waals surface area contributed by atoms with Gasteiger partial charge in [-0.1, -0.05) is 0 Å². The molecule has 0 aliphatic rings. The molecule has 0 aromatic carbocycles. The Morgan fingerprint density at radius 3 is 2.38 bits per heavy atom. The molecule has 2 aromatic rings. The number of carbonyl (C=O) groups excluding carboxylic acids is 1. The number of amides is 1. The molecule has 0 aliphatic heterocycles. The second kappa shape index (κ2) is 11.8. The second-order valence-electron chi connectivity index (χ2n) is 6.98. The van der Waals surface area contributed by atoms with Crippen LogP contribution in [0.25, 0.3) is 0 Å². The summed E-state index contributed by atoms with van der Waals surface area (Å²) in [4.78, 5) is 42.2. The molecule has 2 aromatic heterocycles. The average molecular weight is 402 g/mol. The third-order valence-electron chi connectivity index (χ3n) is 4.44. The SMILES string of the molecule is CCN(Cc1ccncc1)C(=O)c1c(C)ccn(C(C)CN(C)C)c1=O.O=CO. The van der Waals surface area contributed by atoms with Crippen molar-refractivity contribution in [2.24, 2.45) is 0 Å². The van der Waals surface area contributed by atoms with Gasteiger partial charge in [0.25, 0.3) is 17.9 Å². The third kappa shape index (κ3) is 6.83. The molecule has 2 rings (SSSR count). The highest BCUT2D eigenvalue weighted by atomic mass is 16.3. The molecule has 0 spiro atoms. The Morgan fingerprint density at radius 2 is 1.86 bits per heavy atom. The van der Waals surface area contributed by atoms with Gasteiger partial charge in [0.1, 0.15) is 5.56 Å². The lowest BCUT2D eigenvalue weighted by molar-refractivity contribution is -0.122. The zero-order chi connectivity index (χ0) is 22.0. The van der Waals surface area contributed by atoms with E-state index >= 15 is 0 Å². The number of carbonyl (C=O) groups is 2. The van der Waals surface area contributed by atoms with E-state index < -0.39 is 0 Å². The Balaban J connectivity index is 0.00000132. The largest absolute Gasteiger partial charge is 0.483 e. The van der Waals surface area contributed by atoms with Gasteiger partial charge in [-0.15, -0.1) is 0 Å². The molecule has 29 heavy (non-hydrogen) atoms. The molecule has 0 bridgehead atoms. The molecular weight excluding hydrogens is 372 g/mol. The van der Waals surface area contributed by atoms with E-state index in [2.05, 4.69) is 4.98 Å². The summed E-state index contributed by atoms with van der Waals surface area (Å²) in [5.74, 6) is -0.224. The van der Waals surface area contributed by atoms with E-state index in [4.69, 9.17) is 9.90 Å². The predicted octanol–water partition coefficient (Wildman–Crippen LogP) is 2.04. The fourth-order valence-electron chi connectivity index (χ4n) is 3.06.